The molecular formula is C31H39N3O5S. The van der Waals surface area contributed by atoms with Gasteiger partial charge >= 0.3 is 0 Å². The zero-order valence-electron chi connectivity index (χ0n) is 24.0. The Balaban J connectivity index is 2.07. The Morgan fingerprint density at radius 1 is 0.900 bits per heavy atom. The van der Waals surface area contributed by atoms with Crippen molar-refractivity contribution in [1.29, 1.82) is 0 Å². The molecule has 3 aromatic rings. The van der Waals surface area contributed by atoms with E-state index in [-0.39, 0.29) is 29.0 Å². The number of hydrogen-bond donors (Lipinski definition) is 1. The number of amides is 2. The molecule has 0 fully saturated rings. The molecule has 1 N–H and O–H groups in total. The number of sulfonamides is 1. The SMILES string of the molecule is COc1ccc(C)cc1N(CC(=O)N(Cc1cccc(C)c1)C(C)C(=O)NCC(C)C)S(=O)(=O)c1ccccc1. The van der Waals surface area contributed by atoms with Crippen molar-refractivity contribution in [3.05, 3.63) is 89.5 Å². The lowest BCUT2D eigenvalue weighted by Crippen LogP contribution is -2.51. The first-order valence-electron chi connectivity index (χ1n) is 13.3. The first-order valence-corrected chi connectivity index (χ1v) is 14.7. The number of benzene rings is 3. The number of methoxy groups -OCH3 is 1. The standard InChI is InChI=1S/C31H39N3O5S/c1-22(2)19-32-31(36)25(5)33(20-26-12-10-11-23(3)17-26)30(35)21-34(28-18-24(4)15-16-29(28)39-6)40(37,38)27-13-8-7-9-14-27/h7-18,22,25H,19-21H2,1-6H3,(H,32,36). The third-order valence-corrected chi connectivity index (χ3v) is 8.27. The van der Waals surface area contributed by atoms with E-state index in [4.69, 9.17) is 4.74 Å². The number of nitrogens with zero attached hydrogens (tertiary/aromatic N) is 2. The lowest BCUT2D eigenvalue weighted by molar-refractivity contribution is -0.139. The lowest BCUT2D eigenvalue weighted by Gasteiger charge is -2.32. The highest BCUT2D eigenvalue weighted by Crippen LogP contribution is 2.33. The Kier molecular flexibility index (Phi) is 10.3. The zero-order chi connectivity index (χ0) is 29.4. The molecule has 0 saturated heterocycles. The van der Waals surface area contributed by atoms with Gasteiger partial charge in [-0.2, -0.15) is 0 Å². The van der Waals surface area contributed by atoms with Crippen LogP contribution in [0.1, 0.15) is 37.5 Å². The van der Waals surface area contributed by atoms with E-state index in [1.807, 2.05) is 58.0 Å². The molecule has 1 unspecified atom stereocenters. The minimum atomic E-state index is -4.17. The lowest BCUT2D eigenvalue weighted by atomic mass is 10.1. The van der Waals surface area contributed by atoms with E-state index in [0.29, 0.717) is 12.3 Å². The van der Waals surface area contributed by atoms with Gasteiger partial charge in [0.15, 0.2) is 0 Å². The summed E-state index contributed by atoms with van der Waals surface area (Å²) < 4.78 is 34.5. The molecule has 0 aromatic heterocycles. The molecule has 8 nitrogen and oxygen atoms in total. The van der Waals surface area contributed by atoms with Crippen LogP contribution in [0, 0.1) is 19.8 Å². The molecule has 0 aliphatic carbocycles. The highest BCUT2D eigenvalue weighted by atomic mass is 32.2. The third kappa shape index (κ3) is 7.63. The molecule has 0 heterocycles. The summed E-state index contributed by atoms with van der Waals surface area (Å²) in [5.74, 6) is -0.277. The number of ether oxygens (including phenoxy) is 1. The average Bonchev–Trinajstić information content (AvgIpc) is 2.93. The number of anilines is 1. The Labute approximate surface area is 238 Å². The quantitative estimate of drug-likeness (QED) is 0.344. The molecule has 2 amide bonds. The maximum absolute atomic E-state index is 14.1. The topological polar surface area (TPSA) is 96.0 Å². The minimum Gasteiger partial charge on any atom is -0.495 e. The number of rotatable bonds is 12. The summed E-state index contributed by atoms with van der Waals surface area (Å²) >= 11 is 0. The molecule has 3 rings (SSSR count). The van der Waals surface area contributed by atoms with Crippen LogP contribution < -0.4 is 14.4 Å². The molecule has 0 bridgehead atoms. The highest BCUT2D eigenvalue weighted by molar-refractivity contribution is 7.92. The van der Waals surface area contributed by atoms with Gasteiger partial charge in [0.1, 0.15) is 18.3 Å². The fourth-order valence-electron chi connectivity index (χ4n) is 4.27. The van der Waals surface area contributed by atoms with Crippen LogP contribution in [0.4, 0.5) is 5.69 Å². The summed E-state index contributed by atoms with van der Waals surface area (Å²) in [6.07, 6.45) is 0. The highest BCUT2D eigenvalue weighted by Gasteiger charge is 2.33. The smallest absolute Gasteiger partial charge is 0.264 e. The number of aryl methyl sites for hydroxylation is 2. The summed E-state index contributed by atoms with van der Waals surface area (Å²) in [5, 5.41) is 2.90. The number of nitrogens with one attached hydrogen (secondary N) is 1. The van der Waals surface area contributed by atoms with Crippen LogP contribution in [0.2, 0.25) is 0 Å². The monoisotopic (exact) mass is 565 g/mol. The van der Waals surface area contributed by atoms with Gasteiger partial charge < -0.3 is 15.0 Å². The van der Waals surface area contributed by atoms with Crippen LogP contribution in [0.15, 0.2) is 77.7 Å². The Morgan fingerprint density at radius 3 is 2.20 bits per heavy atom. The first kappa shape index (κ1) is 30.7. The van der Waals surface area contributed by atoms with Crippen molar-refractivity contribution < 1.29 is 22.7 Å². The van der Waals surface area contributed by atoms with Crippen molar-refractivity contribution in [3.8, 4) is 5.75 Å². The molecule has 0 aliphatic heterocycles. The van der Waals surface area contributed by atoms with Crippen molar-refractivity contribution >= 4 is 27.5 Å². The van der Waals surface area contributed by atoms with Gasteiger partial charge in [0.2, 0.25) is 11.8 Å². The second-order valence-corrected chi connectivity index (χ2v) is 12.2. The molecule has 0 radical (unpaired) electrons. The molecule has 3 aromatic carbocycles. The van der Waals surface area contributed by atoms with E-state index in [2.05, 4.69) is 5.32 Å². The molecule has 0 spiro atoms. The third-order valence-electron chi connectivity index (χ3n) is 6.50. The van der Waals surface area contributed by atoms with Crippen LogP contribution in [0.5, 0.6) is 5.75 Å². The van der Waals surface area contributed by atoms with Crippen molar-refractivity contribution in [2.75, 3.05) is 24.5 Å². The predicted octanol–water partition coefficient (Wildman–Crippen LogP) is 4.70. The average molecular weight is 566 g/mol. The number of carbonyl (C=O) groups is 2. The molecule has 9 heteroatoms. The van der Waals surface area contributed by atoms with Gasteiger partial charge in [-0.1, -0.05) is 67.9 Å². The first-order chi connectivity index (χ1) is 18.9. The van der Waals surface area contributed by atoms with Crippen molar-refractivity contribution in [2.24, 2.45) is 5.92 Å². The second kappa shape index (κ2) is 13.5. The van der Waals surface area contributed by atoms with Crippen molar-refractivity contribution in [3.63, 3.8) is 0 Å². The minimum absolute atomic E-state index is 0.0410. The van der Waals surface area contributed by atoms with E-state index in [9.17, 15) is 18.0 Å². The van der Waals surface area contributed by atoms with E-state index < -0.39 is 28.5 Å². The van der Waals surface area contributed by atoms with Crippen molar-refractivity contribution in [1.82, 2.24) is 10.2 Å². The molecule has 0 aliphatic rings. The van der Waals surface area contributed by atoms with Crippen LogP contribution in [-0.4, -0.2) is 51.4 Å². The van der Waals surface area contributed by atoms with E-state index in [1.165, 1.54) is 24.1 Å². The largest absolute Gasteiger partial charge is 0.495 e. The summed E-state index contributed by atoms with van der Waals surface area (Å²) in [5.41, 5.74) is 2.89. The van der Waals surface area contributed by atoms with E-state index in [1.54, 1.807) is 37.3 Å². The fourth-order valence-corrected chi connectivity index (χ4v) is 5.71. The van der Waals surface area contributed by atoms with Gasteiger partial charge in [-0.15, -0.1) is 0 Å². The van der Waals surface area contributed by atoms with Crippen LogP contribution in [0.3, 0.4) is 0 Å². The summed E-state index contributed by atoms with van der Waals surface area (Å²) in [4.78, 5) is 28.6. The normalized spacial score (nSPS) is 12.1. The second-order valence-electron chi connectivity index (χ2n) is 10.3. The Hall–Kier alpha value is -3.85. The summed E-state index contributed by atoms with van der Waals surface area (Å²) in [6.45, 7) is 9.50. The Bertz CT molecular complexity index is 1420. The molecule has 40 heavy (non-hydrogen) atoms. The summed E-state index contributed by atoms with van der Waals surface area (Å²) in [7, 11) is -2.72. The molecule has 0 saturated carbocycles. The number of carbonyl (C=O) groups excluding carboxylic acids is 2. The van der Waals surface area contributed by atoms with Gasteiger partial charge in [-0.25, -0.2) is 8.42 Å². The summed E-state index contributed by atoms with van der Waals surface area (Å²) in [6, 6.07) is 20.0. The molecule has 1 atom stereocenters. The maximum Gasteiger partial charge on any atom is 0.264 e. The predicted molar refractivity (Wildman–Crippen MR) is 158 cm³/mol. The molecular weight excluding hydrogens is 526 g/mol. The zero-order valence-corrected chi connectivity index (χ0v) is 24.9. The van der Waals surface area contributed by atoms with Gasteiger partial charge in [0.05, 0.1) is 17.7 Å². The number of hydrogen-bond acceptors (Lipinski definition) is 5. The van der Waals surface area contributed by atoms with Crippen LogP contribution in [0.25, 0.3) is 0 Å². The maximum atomic E-state index is 14.1. The van der Waals surface area contributed by atoms with Crippen LogP contribution >= 0.6 is 0 Å². The van der Waals surface area contributed by atoms with Gasteiger partial charge in [0.25, 0.3) is 10.0 Å². The van der Waals surface area contributed by atoms with Gasteiger partial charge in [0, 0.05) is 13.1 Å². The van der Waals surface area contributed by atoms with E-state index in [0.717, 1.165) is 21.0 Å². The Morgan fingerprint density at radius 2 is 1.57 bits per heavy atom. The fraction of sp³-hybridized carbons (Fsp3) is 0.355. The molecule has 214 valence electrons. The van der Waals surface area contributed by atoms with Gasteiger partial charge in [-0.3, -0.25) is 13.9 Å². The van der Waals surface area contributed by atoms with Crippen LogP contribution in [-0.2, 0) is 26.2 Å². The van der Waals surface area contributed by atoms with Gasteiger partial charge in [-0.05, 0) is 62.1 Å². The van der Waals surface area contributed by atoms with E-state index >= 15 is 0 Å². The van der Waals surface area contributed by atoms with Crippen molar-refractivity contribution in [2.45, 2.75) is 52.1 Å².